The van der Waals surface area contributed by atoms with Crippen LogP contribution in [0.2, 0.25) is 10.0 Å². The molecular weight excluding hydrogens is 395 g/mol. The molecule has 1 aromatic heterocycles. The topological polar surface area (TPSA) is 67.3 Å². The molecule has 1 saturated heterocycles. The Morgan fingerprint density at radius 1 is 1.00 bits per heavy atom. The van der Waals surface area contributed by atoms with Crippen LogP contribution in [0.15, 0.2) is 41.3 Å². The molecule has 1 aromatic carbocycles. The average Bonchev–Trinajstić information content (AvgIpc) is 2.61. The first-order valence-corrected chi connectivity index (χ1v) is 10.7. The van der Waals surface area contributed by atoms with Crippen LogP contribution < -0.4 is 0 Å². The van der Waals surface area contributed by atoms with E-state index in [4.69, 9.17) is 23.2 Å². The van der Waals surface area contributed by atoms with Gasteiger partial charge in [0.1, 0.15) is 10.6 Å². The number of nitrogens with zero attached hydrogens (tertiary/aromatic N) is 2. The van der Waals surface area contributed by atoms with Crippen LogP contribution in [-0.2, 0) is 15.6 Å². The molecule has 0 aliphatic carbocycles. The molecule has 5 nitrogen and oxygen atoms in total. The van der Waals surface area contributed by atoms with E-state index in [1.807, 2.05) is 0 Å². The number of halogens is 2. The molecule has 2 heterocycles. The van der Waals surface area contributed by atoms with Crippen molar-refractivity contribution in [1.29, 1.82) is 0 Å². The molecule has 0 saturated carbocycles. The zero-order valence-corrected chi connectivity index (χ0v) is 16.3. The van der Waals surface area contributed by atoms with Crippen molar-refractivity contribution in [3.63, 3.8) is 0 Å². The minimum Gasteiger partial charge on any atom is -0.337 e. The largest absolute Gasteiger partial charge is 0.337 e. The highest BCUT2D eigenvalue weighted by molar-refractivity contribution is 7.90. The first-order chi connectivity index (χ1) is 12.4. The molecule has 0 unspecified atom stereocenters. The van der Waals surface area contributed by atoms with E-state index in [0.29, 0.717) is 13.1 Å². The van der Waals surface area contributed by atoms with E-state index in [2.05, 4.69) is 4.98 Å². The van der Waals surface area contributed by atoms with Crippen LogP contribution >= 0.6 is 23.2 Å². The van der Waals surface area contributed by atoms with Crippen LogP contribution in [0.4, 0.5) is 0 Å². The lowest BCUT2D eigenvalue weighted by Gasteiger charge is -2.26. The van der Waals surface area contributed by atoms with Crippen molar-refractivity contribution >= 4 is 38.9 Å². The van der Waals surface area contributed by atoms with Gasteiger partial charge in [0.05, 0.1) is 21.5 Å². The van der Waals surface area contributed by atoms with Crippen molar-refractivity contribution in [2.24, 2.45) is 0 Å². The third kappa shape index (κ3) is 4.19. The third-order valence-corrected chi connectivity index (χ3v) is 6.83. The highest BCUT2D eigenvalue weighted by atomic mass is 35.5. The molecule has 0 radical (unpaired) electrons. The highest BCUT2D eigenvalue weighted by Crippen LogP contribution is 2.31. The van der Waals surface area contributed by atoms with Gasteiger partial charge < -0.3 is 4.90 Å². The van der Waals surface area contributed by atoms with Gasteiger partial charge in [0.2, 0.25) is 0 Å². The minimum absolute atomic E-state index is 0.0676. The van der Waals surface area contributed by atoms with Gasteiger partial charge in [-0.15, -0.1) is 0 Å². The number of aromatic nitrogens is 1. The molecule has 3 rings (SSSR count). The number of pyridine rings is 1. The van der Waals surface area contributed by atoms with Gasteiger partial charge in [-0.3, -0.25) is 4.79 Å². The third-order valence-electron chi connectivity index (χ3n) is 4.24. The van der Waals surface area contributed by atoms with Gasteiger partial charge in [0.25, 0.3) is 5.91 Å². The Bertz CT molecular complexity index is 906. The standard InChI is InChI=1S/C18H18Cl2N2O3S/c19-14-7-5-8-15(20)17(14)26(24,25)12-13-6-4-9-16(21-13)18(23)22-10-2-1-3-11-22/h4-9H,1-3,10-12H2. The number of hydrogen-bond acceptors (Lipinski definition) is 4. The fourth-order valence-electron chi connectivity index (χ4n) is 2.98. The van der Waals surface area contributed by atoms with Gasteiger partial charge in [-0.05, 0) is 43.5 Å². The van der Waals surface area contributed by atoms with Gasteiger partial charge >= 0.3 is 0 Å². The van der Waals surface area contributed by atoms with Gasteiger partial charge in [0, 0.05) is 13.1 Å². The van der Waals surface area contributed by atoms with Crippen molar-refractivity contribution in [3.05, 3.63) is 57.8 Å². The van der Waals surface area contributed by atoms with Crippen LogP contribution in [0.25, 0.3) is 0 Å². The SMILES string of the molecule is O=C(c1cccc(CS(=O)(=O)c2c(Cl)cccc2Cl)n1)N1CCCCC1. The number of amides is 1. The van der Waals surface area contributed by atoms with Crippen LogP contribution in [0.5, 0.6) is 0 Å². The molecular formula is C18H18Cl2N2O3S. The maximum Gasteiger partial charge on any atom is 0.272 e. The summed E-state index contributed by atoms with van der Waals surface area (Å²) in [4.78, 5) is 18.5. The molecule has 2 aromatic rings. The molecule has 1 aliphatic rings. The summed E-state index contributed by atoms with van der Waals surface area (Å²) in [5, 5.41) is 0.135. The van der Waals surface area contributed by atoms with Crippen molar-refractivity contribution in [2.75, 3.05) is 13.1 Å². The zero-order chi connectivity index (χ0) is 18.7. The maximum absolute atomic E-state index is 12.7. The molecule has 26 heavy (non-hydrogen) atoms. The Hall–Kier alpha value is -1.63. The zero-order valence-electron chi connectivity index (χ0n) is 14.0. The number of hydrogen-bond donors (Lipinski definition) is 0. The van der Waals surface area contributed by atoms with Gasteiger partial charge in [-0.2, -0.15) is 0 Å². The predicted molar refractivity (Wildman–Crippen MR) is 101 cm³/mol. The number of likely N-dealkylation sites (tertiary alicyclic amines) is 1. The summed E-state index contributed by atoms with van der Waals surface area (Å²) in [6, 6.07) is 9.36. The predicted octanol–water partition coefficient (Wildman–Crippen LogP) is 3.99. The fraction of sp³-hybridized carbons (Fsp3) is 0.333. The van der Waals surface area contributed by atoms with E-state index < -0.39 is 9.84 Å². The summed E-state index contributed by atoms with van der Waals surface area (Å²) in [5.41, 5.74) is 0.536. The molecule has 0 N–H and O–H groups in total. The van der Waals surface area contributed by atoms with Crippen LogP contribution in [-0.4, -0.2) is 37.3 Å². The molecule has 0 spiro atoms. The normalized spacial score (nSPS) is 15.1. The van der Waals surface area contributed by atoms with Gasteiger partial charge in [0.15, 0.2) is 9.84 Å². The summed E-state index contributed by atoms with van der Waals surface area (Å²) in [6.07, 6.45) is 3.07. The molecule has 138 valence electrons. The van der Waals surface area contributed by atoms with Crippen molar-refractivity contribution < 1.29 is 13.2 Å². The van der Waals surface area contributed by atoms with Crippen LogP contribution in [0, 0.1) is 0 Å². The molecule has 0 atom stereocenters. The molecule has 1 fully saturated rings. The number of carbonyl (C=O) groups excluding carboxylic acids is 1. The second kappa shape index (κ2) is 7.94. The lowest BCUT2D eigenvalue weighted by Crippen LogP contribution is -2.36. The quantitative estimate of drug-likeness (QED) is 0.760. The lowest BCUT2D eigenvalue weighted by atomic mass is 10.1. The van der Waals surface area contributed by atoms with E-state index in [9.17, 15) is 13.2 Å². The van der Waals surface area contributed by atoms with Gasteiger partial charge in [-0.1, -0.05) is 35.3 Å². The van der Waals surface area contributed by atoms with E-state index >= 15 is 0 Å². The molecule has 0 bridgehead atoms. The molecule has 8 heteroatoms. The Morgan fingerprint density at radius 3 is 2.27 bits per heavy atom. The second-order valence-electron chi connectivity index (χ2n) is 6.18. The van der Waals surface area contributed by atoms with E-state index in [1.165, 1.54) is 12.1 Å². The molecule has 1 amide bonds. The number of rotatable bonds is 4. The van der Waals surface area contributed by atoms with Crippen molar-refractivity contribution in [3.8, 4) is 0 Å². The minimum atomic E-state index is -3.79. The summed E-state index contributed by atoms with van der Waals surface area (Å²) >= 11 is 12.0. The number of carbonyl (C=O) groups is 1. The lowest BCUT2D eigenvalue weighted by molar-refractivity contribution is 0.0718. The first kappa shape index (κ1) is 19.1. The Kier molecular flexibility index (Phi) is 5.85. The Labute approximate surface area is 162 Å². The van der Waals surface area contributed by atoms with Gasteiger partial charge in [-0.25, -0.2) is 13.4 Å². The Balaban J connectivity index is 1.85. The summed E-state index contributed by atoms with van der Waals surface area (Å²) in [5.74, 6) is -0.544. The summed E-state index contributed by atoms with van der Waals surface area (Å²) in [6.45, 7) is 1.41. The number of benzene rings is 1. The van der Waals surface area contributed by atoms with E-state index in [-0.39, 0.29) is 38.0 Å². The smallest absolute Gasteiger partial charge is 0.272 e. The summed E-state index contributed by atoms with van der Waals surface area (Å²) in [7, 11) is -3.79. The number of piperidine rings is 1. The molecule has 1 aliphatic heterocycles. The van der Waals surface area contributed by atoms with E-state index in [1.54, 1.807) is 29.2 Å². The maximum atomic E-state index is 12.7. The monoisotopic (exact) mass is 412 g/mol. The highest BCUT2D eigenvalue weighted by Gasteiger charge is 2.24. The van der Waals surface area contributed by atoms with Crippen molar-refractivity contribution in [2.45, 2.75) is 29.9 Å². The summed E-state index contributed by atoms with van der Waals surface area (Å²) < 4.78 is 25.4. The van der Waals surface area contributed by atoms with E-state index in [0.717, 1.165) is 19.3 Å². The fourth-order valence-corrected chi connectivity index (χ4v) is 5.51. The van der Waals surface area contributed by atoms with Crippen LogP contribution in [0.3, 0.4) is 0 Å². The number of sulfone groups is 1. The second-order valence-corrected chi connectivity index (χ2v) is 8.92. The van der Waals surface area contributed by atoms with Crippen molar-refractivity contribution in [1.82, 2.24) is 9.88 Å². The first-order valence-electron chi connectivity index (χ1n) is 8.30. The Morgan fingerprint density at radius 2 is 1.62 bits per heavy atom. The average molecular weight is 413 g/mol. The van der Waals surface area contributed by atoms with Crippen LogP contribution in [0.1, 0.15) is 35.4 Å².